The van der Waals surface area contributed by atoms with Crippen molar-refractivity contribution in [3.05, 3.63) is 36.0 Å². The van der Waals surface area contributed by atoms with Gasteiger partial charge >= 0.3 is 6.09 Å². The van der Waals surface area contributed by atoms with Crippen LogP contribution in [0.5, 0.6) is 5.75 Å². The van der Waals surface area contributed by atoms with E-state index in [0.29, 0.717) is 30.8 Å². The van der Waals surface area contributed by atoms with Crippen molar-refractivity contribution < 1.29 is 19.4 Å². The maximum absolute atomic E-state index is 12.8. The molecule has 2 saturated heterocycles. The Morgan fingerprint density at radius 3 is 2.74 bits per heavy atom. The Balaban J connectivity index is 1.43. The molecule has 2 aliphatic rings. The minimum atomic E-state index is -0.238. The van der Waals surface area contributed by atoms with Gasteiger partial charge in [-0.3, -0.25) is 4.79 Å². The number of carbonyl (C=O) groups excluding carboxylic acids is 2. The maximum atomic E-state index is 12.8. The molecule has 0 spiro atoms. The highest BCUT2D eigenvalue weighted by Gasteiger charge is 2.37. The van der Waals surface area contributed by atoms with Crippen LogP contribution in [-0.4, -0.2) is 63.7 Å². The molecule has 7 nitrogen and oxygen atoms in total. The first-order chi connectivity index (χ1) is 13.1. The monoisotopic (exact) mass is 369 g/mol. The molecular weight excluding hydrogens is 346 g/mol. The summed E-state index contributed by atoms with van der Waals surface area (Å²) < 4.78 is 5.34. The molecule has 2 aromatic rings. The van der Waals surface area contributed by atoms with Crippen molar-refractivity contribution in [3.63, 3.8) is 0 Å². The molecule has 2 amide bonds. The molecule has 142 valence electrons. The standard InChI is InChI=1S/C20H23N3O4/c1-2-15-12-23(20(26)27-15)14-8-10-22(11-9-14)19(25)16-7-6-13-4-3-5-17(24)18(13)21-16/h3-7,14-15,24H,2,8-12H2,1H3. The summed E-state index contributed by atoms with van der Waals surface area (Å²) in [5.41, 5.74) is 0.762. The van der Waals surface area contributed by atoms with Crippen LogP contribution < -0.4 is 0 Å². The van der Waals surface area contributed by atoms with Crippen molar-refractivity contribution in [1.29, 1.82) is 0 Å². The average Bonchev–Trinajstić information content (AvgIpc) is 3.08. The summed E-state index contributed by atoms with van der Waals surface area (Å²) >= 11 is 0. The topological polar surface area (TPSA) is 83.0 Å². The van der Waals surface area contributed by atoms with E-state index in [1.54, 1.807) is 29.2 Å². The summed E-state index contributed by atoms with van der Waals surface area (Å²) in [4.78, 5) is 32.8. The lowest BCUT2D eigenvalue weighted by Gasteiger charge is -2.35. The largest absolute Gasteiger partial charge is 0.506 e. The van der Waals surface area contributed by atoms with Gasteiger partial charge in [0.05, 0.1) is 6.54 Å². The molecule has 0 saturated carbocycles. The molecule has 1 aromatic heterocycles. The van der Waals surface area contributed by atoms with Crippen molar-refractivity contribution in [2.45, 2.75) is 38.3 Å². The highest BCUT2D eigenvalue weighted by molar-refractivity contribution is 5.96. The van der Waals surface area contributed by atoms with E-state index in [0.717, 1.165) is 24.6 Å². The van der Waals surface area contributed by atoms with Gasteiger partial charge in [-0.15, -0.1) is 0 Å². The third-order valence-corrected chi connectivity index (χ3v) is 5.47. The first-order valence-electron chi connectivity index (χ1n) is 9.42. The number of ether oxygens (including phenoxy) is 1. The maximum Gasteiger partial charge on any atom is 0.410 e. The highest BCUT2D eigenvalue weighted by atomic mass is 16.6. The van der Waals surface area contributed by atoms with E-state index in [-0.39, 0.29) is 29.9 Å². The number of fused-ring (bicyclic) bond motifs is 1. The van der Waals surface area contributed by atoms with Gasteiger partial charge < -0.3 is 19.6 Å². The highest BCUT2D eigenvalue weighted by Crippen LogP contribution is 2.26. The quantitative estimate of drug-likeness (QED) is 0.899. The number of hydrogen-bond acceptors (Lipinski definition) is 5. The number of carbonyl (C=O) groups is 2. The summed E-state index contributed by atoms with van der Waals surface area (Å²) in [7, 11) is 0. The van der Waals surface area contributed by atoms with Crippen LogP contribution in [0.3, 0.4) is 0 Å². The fourth-order valence-corrected chi connectivity index (χ4v) is 3.85. The van der Waals surface area contributed by atoms with Crippen LogP contribution in [0.15, 0.2) is 30.3 Å². The lowest BCUT2D eigenvalue weighted by molar-refractivity contribution is 0.0653. The van der Waals surface area contributed by atoms with Crippen molar-refractivity contribution in [2.75, 3.05) is 19.6 Å². The van der Waals surface area contributed by atoms with Gasteiger partial charge in [0.15, 0.2) is 0 Å². The van der Waals surface area contributed by atoms with Crippen molar-refractivity contribution in [2.24, 2.45) is 0 Å². The number of benzene rings is 1. The number of likely N-dealkylation sites (tertiary alicyclic amines) is 1. The molecule has 1 atom stereocenters. The predicted molar refractivity (Wildman–Crippen MR) is 99.6 cm³/mol. The van der Waals surface area contributed by atoms with Crippen LogP contribution in [0.2, 0.25) is 0 Å². The van der Waals surface area contributed by atoms with Crippen LogP contribution >= 0.6 is 0 Å². The van der Waals surface area contributed by atoms with E-state index in [1.807, 2.05) is 17.9 Å². The van der Waals surface area contributed by atoms with Gasteiger partial charge in [-0.1, -0.05) is 25.1 Å². The Bertz CT molecular complexity index is 877. The number of pyridine rings is 1. The molecule has 1 aromatic carbocycles. The van der Waals surface area contributed by atoms with Crippen molar-refractivity contribution in [1.82, 2.24) is 14.8 Å². The smallest absolute Gasteiger partial charge is 0.410 e. The number of phenols is 1. The SMILES string of the molecule is CCC1CN(C2CCN(C(=O)c3ccc4cccc(O)c4n3)CC2)C(=O)O1. The molecule has 7 heteroatoms. The first kappa shape index (κ1) is 17.6. The Kier molecular flexibility index (Phi) is 4.59. The number of amides is 2. The van der Waals surface area contributed by atoms with Gasteiger partial charge in [-0.25, -0.2) is 9.78 Å². The molecule has 0 radical (unpaired) electrons. The Morgan fingerprint density at radius 1 is 1.26 bits per heavy atom. The molecule has 0 bridgehead atoms. The number of para-hydroxylation sites is 1. The number of nitrogens with zero attached hydrogens (tertiary/aromatic N) is 3. The van der Waals surface area contributed by atoms with Crippen molar-refractivity contribution >= 4 is 22.9 Å². The van der Waals surface area contributed by atoms with Crippen LogP contribution in [0.1, 0.15) is 36.7 Å². The molecule has 0 aliphatic carbocycles. The second-order valence-electron chi connectivity index (χ2n) is 7.14. The van der Waals surface area contributed by atoms with E-state index in [1.165, 1.54) is 0 Å². The normalized spacial score (nSPS) is 20.9. The Hall–Kier alpha value is -2.83. The second-order valence-corrected chi connectivity index (χ2v) is 7.14. The summed E-state index contributed by atoms with van der Waals surface area (Å²) in [6.45, 7) is 3.80. The van der Waals surface area contributed by atoms with Gasteiger partial charge in [0, 0.05) is 24.5 Å². The zero-order valence-electron chi connectivity index (χ0n) is 15.3. The van der Waals surface area contributed by atoms with Gasteiger partial charge in [0.1, 0.15) is 23.1 Å². The molecular formula is C20H23N3O4. The zero-order valence-corrected chi connectivity index (χ0v) is 15.3. The van der Waals surface area contributed by atoms with E-state index >= 15 is 0 Å². The number of piperidine rings is 1. The molecule has 1 unspecified atom stereocenters. The fraction of sp³-hybridized carbons (Fsp3) is 0.450. The van der Waals surface area contributed by atoms with Crippen LogP contribution in [0.4, 0.5) is 4.79 Å². The molecule has 2 aliphatic heterocycles. The lowest BCUT2D eigenvalue weighted by Crippen LogP contribution is -2.47. The Morgan fingerprint density at radius 2 is 2.04 bits per heavy atom. The molecule has 1 N–H and O–H groups in total. The molecule has 27 heavy (non-hydrogen) atoms. The number of phenolic OH excluding ortho intramolecular Hbond substituents is 1. The first-order valence-corrected chi connectivity index (χ1v) is 9.42. The van der Waals surface area contributed by atoms with Crippen molar-refractivity contribution in [3.8, 4) is 5.75 Å². The predicted octanol–water partition coefficient (Wildman–Crippen LogP) is 2.78. The van der Waals surface area contributed by atoms with E-state index in [4.69, 9.17) is 4.74 Å². The summed E-state index contributed by atoms with van der Waals surface area (Å²) in [6.07, 6.45) is 2.02. The van der Waals surface area contributed by atoms with Crippen LogP contribution in [0.25, 0.3) is 10.9 Å². The number of rotatable bonds is 3. The van der Waals surface area contributed by atoms with E-state index in [2.05, 4.69) is 4.98 Å². The third-order valence-electron chi connectivity index (χ3n) is 5.47. The molecule has 3 heterocycles. The number of aromatic hydroxyl groups is 1. The van der Waals surface area contributed by atoms with Gasteiger partial charge in [0.25, 0.3) is 5.91 Å². The van der Waals surface area contributed by atoms with Gasteiger partial charge in [-0.05, 0) is 31.4 Å². The molecule has 2 fully saturated rings. The third kappa shape index (κ3) is 3.29. The molecule has 4 rings (SSSR count). The van der Waals surface area contributed by atoms with E-state index in [9.17, 15) is 14.7 Å². The minimum absolute atomic E-state index is 0.0216. The fourth-order valence-electron chi connectivity index (χ4n) is 3.85. The van der Waals surface area contributed by atoms with Crippen LogP contribution in [-0.2, 0) is 4.74 Å². The van der Waals surface area contributed by atoms with Gasteiger partial charge in [-0.2, -0.15) is 0 Å². The summed E-state index contributed by atoms with van der Waals surface area (Å²) in [5.74, 6) is -0.0760. The number of aromatic nitrogens is 1. The number of hydrogen-bond donors (Lipinski definition) is 1. The minimum Gasteiger partial charge on any atom is -0.506 e. The van der Waals surface area contributed by atoms with Crippen LogP contribution in [0, 0.1) is 0 Å². The summed E-state index contributed by atoms with van der Waals surface area (Å²) in [5, 5.41) is 10.8. The van der Waals surface area contributed by atoms with E-state index < -0.39 is 0 Å². The summed E-state index contributed by atoms with van der Waals surface area (Å²) in [6, 6.07) is 8.77. The van der Waals surface area contributed by atoms with Gasteiger partial charge in [0.2, 0.25) is 0 Å². The zero-order chi connectivity index (χ0) is 19.0. The lowest BCUT2D eigenvalue weighted by atomic mass is 10.0. The Labute approximate surface area is 157 Å². The number of cyclic esters (lactones) is 1. The second kappa shape index (κ2) is 7.06. The average molecular weight is 369 g/mol.